The van der Waals surface area contributed by atoms with Crippen molar-refractivity contribution in [2.45, 2.75) is 13.5 Å². The molecule has 1 aromatic carbocycles. The van der Waals surface area contributed by atoms with E-state index in [-0.39, 0.29) is 5.91 Å². The molecular formula is C15H15ClN2O3. The maximum absolute atomic E-state index is 12.2. The van der Waals surface area contributed by atoms with Crippen LogP contribution in [0.25, 0.3) is 0 Å². The van der Waals surface area contributed by atoms with E-state index < -0.39 is 5.97 Å². The lowest BCUT2D eigenvalue weighted by Gasteiger charge is -2.08. The highest BCUT2D eigenvalue weighted by Crippen LogP contribution is 2.17. The van der Waals surface area contributed by atoms with Crippen LogP contribution in [0.1, 0.15) is 27.8 Å². The number of benzene rings is 1. The van der Waals surface area contributed by atoms with Gasteiger partial charge in [-0.1, -0.05) is 11.6 Å². The fourth-order valence-electron chi connectivity index (χ4n) is 1.93. The predicted molar refractivity (Wildman–Crippen MR) is 80.9 cm³/mol. The molecule has 21 heavy (non-hydrogen) atoms. The number of aromatic nitrogens is 1. The molecule has 0 atom stereocenters. The third-order valence-electron chi connectivity index (χ3n) is 3.00. The highest BCUT2D eigenvalue weighted by molar-refractivity contribution is 6.31. The van der Waals surface area contributed by atoms with Crippen LogP contribution in [0, 0.1) is 0 Å². The molecular weight excluding hydrogens is 292 g/mol. The average molecular weight is 307 g/mol. The molecule has 6 heteroatoms. The molecule has 0 aliphatic heterocycles. The largest absolute Gasteiger partial charge is 0.465 e. The maximum Gasteiger partial charge on any atom is 0.337 e. The number of carbonyl (C=O) groups excluding carboxylic acids is 2. The van der Waals surface area contributed by atoms with Gasteiger partial charge in [-0.2, -0.15) is 0 Å². The normalized spacial score (nSPS) is 10.2. The van der Waals surface area contributed by atoms with Gasteiger partial charge in [-0.25, -0.2) is 4.79 Å². The highest BCUT2D eigenvalue weighted by atomic mass is 35.5. The minimum Gasteiger partial charge on any atom is -0.465 e. The summed E-state index contributed by atoms with van der Waals surface area (Å²) in [6.45, 7) is 2.58. The summed E-state index contributed by atoms with van der Waals surface area (Å²) in [5.74, 6) is -0.672. The first kappa shape index (κ1) is 15.1. The van der Waals surface area contributed by atoms with Gasteiger partial charge in [-0.15, -0.1) is 0 Å². The molecule has 0 fully saturated rings. The van der Waals surface area contributed by atoms with Gasteiger partial charge in [0.1, 0.15) is 5.69 Å². The molecule has 1 heterocycles. The van der Waals surface area contributed by atoms with Crippen LogP contribution in [0.4, 0.5) is 5.69 Å². The number of ether oxygens (including phenoxy) is 1. The third-order valence-corrected chi connectivity index (χ3v) is 3.21. The molecule has 1 N–H and O–H groups in total. The summed E-state index contributed by atoms with van der Waals surface area (Å²) in [6, 6.07) is 8.08. The van der Waals surface area contributed by atoms with Gasteiger partial charge in [0.25, 0.3) is 5.91 Å². The first-order valence-corrected chi connectivity index (χ1v) is 6.78. The zero-order valence-corrected chi connectivity index (χ0v) is 12.5. The summed E-state index contributed by atoms with van der Waals surface area (Å²) in [7, 11) is 1.32. The molecule has 0 aliphatic carbocycles. The van der Waals surface area contributed by atoms with E-state index in [1.807, 2.05) is 6.92 Å². The minimum atomic E-state index is -0.417. The smallest absolute Gasteiger partial charge is 0.337 e. The second-order valence-electron chi connectivity index (χ2n) is 4.35. The summed E-state index contributed by atoms with van der Waals surface area (Å²) in [5.41, 5.74) is 1.50. The lowest BCUT2D eigenvalue weighted by atomic mass is 10.2. The third kappa shape index (κ3) is 3.44. The Balaban J connectivity index is 2.14. The van der Waals surface area contributed by atoms with Crippen LogP contribution in [-0.4, -0.2) is 23.6 Å². The average Bonchev–Trinajstić information content (AvgIpc) is 2.88. The van der Waals surface area contributed by atoms with Crippen LogP contribution in [0.3, 0.4) is 0 Å². The Labute approximate surface area is 127 Å². The Bertz CT molecular complexity index is 662. The molecule has 110 valence electrons. The SMILES string of the molecule is CCn1cc(Cl)cc1C(=O)Nc1ccc(C(=O)OC)cc1. The summed E-state index contributed by atoms with van der Waals surface area (Å²) in [6.07, 6.45) is 1.71. The lowest BCUT2D eigenvalue weighted by molar-refractivity contribution is 0.0600. The summed E-state index contributed by atoms with van der Waals surface area (Å²) in [4.78, 5) is 23.5. The number of nitrogens with zero attached hydrogens (tertiary/aromatic N) is 1. The van der Waals surface area contributed by atoms with E-state index in [1.54, 1.807) is 41.1 Å². The van der Waals surface area contributed by atoms with Gasteiger partial charge < -0.3 is 14.6 Å². The number of nitrogens with one attached hydrogen (secondary N) is 1. The number of halogens is 1. The number of hydrogen-bond donors (Lipinski definition) is 1. The monoisotopic (exact) mass is 306 g/mol. The number of carbonyl (C=O) groups is 2. The van der Waals surface area contributed by atoms with Crippen LogP contribution in [0.5, 0.6) is 0 Å². The van der Waals surface area contributed by atoms with Gasteiger partial charge in [0.2, 0.25) is 0 Å². The van der Waals surface area contributed by atoms with Crippen LogP contribution >= 0.6 is 11.6 Å². The molecule has 2 aromatic rings. The van der Waals surface area contributed by atoms with Gasteiger partial charge in [0.05, 0.1) is 17.7 Å². The molecule has 0 bridgehead atoms. The van der Waals surface area contributed by atoms with Crippen molar-refractivity contribution in [3.05, 3.63) is 52.8 Å². The van der Waals surface area contributed by atoms with E-state index in [2.05, 4.69) is 10.1 Å². The molecule has 0 spiro atoms. The van der Waals surface area contributed by atoms with Crippen molar-refractivity contribution in [2.75, 3.05) is 12.4 Å². The summed E-state index contributed by atoms with van der Waals surface area (Å²) in [5, 5.41) is 3.28. The number of rotatable bonds is 4. The van der Waals surface area contributed by atoms with Crippen LogP contribution in [0.2, 0.25) is 5.02 Å². The van der Waals surface area contributed by atoms with Crippen molar-refractivity contribution in [3.8, 4) is 0 Å². The number of hydrogen-bond acceptors (Lipinski definition) is 3. The number of anilines is 1. The zero-order chi connectivity index (χ0) is 15.4. The Hall–Kier alpha value is -2.27. The lowest BCUT2D eigenvalue weighted by Crippen LogP contribution is -2.16. The quantitative estimate of drug-likeness (QED) is 0.882. The van der Waals surface area contributed by atoms with Gasteiger partial charge >= 0.3 is 5.97 Å². The number of aryl methyl sites for hydroxylation is 1. The van der Waals surface area contributed by atoms with Crippen molar-refractivity contribution in [1.29, 1.82) is 0 Å². The molecule has 0 saturated carbocycles. The van der Waals surface area contributed by atoms with Crippen molar-refractivity contribution < 1.29 is 14.3 Å². The molecule has 2 rings (SSSR count). The first-order valence-electron chi connectivity index (χ1n) is 6.40. The topological polar surface area (TPSA) is 60.3 Å². The van der Waals surface area contributed by atoms with Crippen LogP contribution < -0.4 is 5.32 Å². The number of methoxy groups -OCH3 is 1. The van der Waals surface area contributed by atoms with Crippen LogP contribution in [-0.2, 0) is 11.3 Å². The second-order valence-corrected chi connectivity index (χ2v) is 4.79. The van der Waals surface area contributed by atoms with E-state index in [1.165, 1.54) is 7.11 Å². The fourth-order valence-corrected chi connectivity index (χ4v) is 2.15. The van der Waals surface area contributed by atoms with Crippen molar-refractivity contribution in [1.82, 2.24) is 4.57 Å². The molecule has 5 nitrogen and oxygen atoms in total. The Morgan fingerprint density at radius 2 is 1.95 bits per heavy atom. The van der Waals surface area contributed by atoms with Gasteiger partial charge in [-0.3, -0.25) is 4.79 Å². The molecule has 1 amide bonds. The van der Waals surface area contributed by atoms with Crippen molar-refractivity contribution >= 4 is 29.2 Å². The van der Waals surface area contributed by atoms with E-state index in [0.717, 1.165) is 0 Å². The Kier molecular flexibility index (Phi) is 4.65. The van der Waals surface area contributed by atoms with Gasteiger partial charge in [-0.05, 0) is 37.3 Å². The molecule has 0 unspecified atom stereocenters. The molecule has 0 aliphatic rings. The second kappa shape index (κ2) is 6.45. The van der Waals surface area contributed by atoms with E-state index in [9.17, 15) is 9.59 Å². The maximum atomic E-state index is 12.2. The van der Waals surface area contributed by atoms with E-state index >= 15 is 0 Å². The highest BCUT2D eigenvalue weighted by Gasteiger charge is 2.13. The summed E-state index contributed by atoms with van der Waals surface area (Å²) < 4.78 is 6.38. The predicted octanol–water partition coefficient (Wildman–Crippen LogP) is 3.20. The standard InChI is InChI=1S/C15H15ClN2O3/c1-3-18-9-11(16)8-13(18)14(19)17-12-6-4-10(5-7-12)15(20)21-2/h4-9H,3H2,1-2H3,(H,17,19). The molecule has 0 radical (unpaired) electrons. The van der Waals surface area contributed by atoms with Crippen molar-refractivity contribution in [3.63, 3.8) is 0 Å². The molecule has 1 aromatic heterocycles. The van der Waals surface area contributed by atoms with Crippen molar-refractivity contribution in [2.24, 2.45) is 0 Å². The minimum absolute atomic E-state index is 0.255. The molecule has 0 saturated heterocycles. The zero-order valence-electron chi connectivity index (χ0n) is 11.7. The fraction of sp³-hybridized carbons (Fsp3) is 0.200. The van der Waals surface area contributed by atoms with Gasteiger partial charge in [0.15, 0.2) is 0 Å². The number of amides is 1. The van der Waals surface area contributed by atoms with E-state index in [0.29, 0.717) is 28.5 Å². The Morgan fingerprint density at radius 1 is 1.29 bits per heavy atom. The van der Waals surface area contributed by atoms with Gasteiger partial charge in [0, 0.05) is 18.4 Å². The van der Waals surface area contributed by atoms with Crippen LogP contribution in [0.15, 0.2) is 36.5 Å². The van der Waals surface area contributed by atoms with E-state index in [4.69, 9.17) is 11.6 Å². The Morgan fingerprint density at radius 3 is 2.52 bits per heavy atom. The summed E-state index contributed by atoms with van der Waals surface area (Å²) >= 11 is 5.91. The number of esters is 1. The first-order chi connectivity index (χ1) is 10.0.